The van der Waals surface area contributed by atoms with E-state index in [0.29, 0.717) is 11.1 Å². The van der Waals surface area contributed by atoms with Crippen molar-refractivity contribution < 1.29 is 28.6 Å². The quantitative estimate of drug-likeness (QED) is 0.199. The highest BCUT2D eigenvalue weighted by Crippen LogP contribution is 2.18. The smallest absolute Gasteiger partial charge is 0.322 e. The van der Waals surface area contributed by atoms with Gasteiger partial charge in [-0.05, 0) is 24.3 Å². The molecule has 0 amide bonds. The Morgan fingerprint density at radius 2 is 1.20 bits per heavy atom. The number of esters is 2. The molecule has 0 heterocycles. The number of carbonyl (C=O) groups excluding carboxylic acids is 2. The van der Waals surface area contributed by atoms with Crippen LogP contribution < -0.4 is 9.47 Å². The van der Waals surface area contributed by atoms with Crippen LogP contribution in [0.25, 0.3) is 11.1 Å². The number of benzene rings is 2. The van der Waals surface area contributed by atoms with E-state index in [-0.39, 0.29) is 11.5 Å². The standard InChI is InChI=1S/C17H12N4O4/c18-20-10-12-5-1-3-7-14(12)24-16(22)9-17(23)25-15-8-4-2-6-13(15)11-21-19/h1-8,10-11H,9H2. The first-order valence-corrected chi connectivity index (χ1v) is 7.08. The van der Waals surface area contributed by atoms with Crippen LogP contribution in [0, 0.1) is 0 Å². The van der Waals surface area contributed by atoms with Gasteiger partial charge in [0.1, 0.15) is 17.9 Å². The van der Waals surface area contributed by atoms with Crippen LogP contribution in [-0.2, 0) is 9.59 Å². The van der Waals surface area contributed by atoms with Crippen LogP contribution in [0.3, 0.4) is 0 Å². The molecule has 0 spiro atoms. The van der Waals surface area contributed by atoms with Gasteiger partial charge >= 0.3 is 11.9 Å². The van der Waals surface area contributed by atoms with E-state index in [1.807, 2.05) is 0 Å². The molecule has 124 valence electrons. The van der Waals surface area contributed by atoms with Crippen molar-refractivity contribution in [2.45, 2.75) is 6.42 Å². The average molecular weight is 336 g/mol. The Morgan fingerprint density at radius 3 is 1.60 bits per heavy atom. The SMILES string of the molecule is [N-]=[N+]=Cc1ccccc1OC(=O)CC(=O)Oc1ccccc1C=[N+]=[N-]. The maximum atomic E-state index is 11.9. The molecule has 0 bridgehead atoms. The Morgan fingerprint density at radius 1 is 0.800 bits per heavy atom. The molecular formula is C17H12N4O4. The molecule has 0 fully saturated rings. The van der Waals surface area contributed by atoms with E-state index in [1.54, 1.807) is 36.4 Å². The molecule has 0 saturated heterocycles. The second-order valence-corrected chi connectivity index (χ2v) is 4.69. The van der Waals surface area contributed by atoms with Gasteiger partial charge in [-0.1, -0.05) is 24.3 Å². The Balaban J connectivity index is 2.03. The molecule has 25 heavy (non-hydrogen) atoms. The Kier molecular flexibility index (Phi) is 6.08. The summed E-state index contributed by atoms with van der Waals surface area (Å²) in [6.07, 6.45) is 1.58. The van der Waals surface area contributed by atoms with Gasteiger partial charge < -0.3 is 20.5 Å². The summed E-state index contributed by atoms with van der Waals surface area (Å²) in [6, 6.07) is 12.7. The number of ether oxygens (including phenoxy) is 2. The highest BCUT2D eigenvalue weighted by Gasteiger charge is 2.17. The van der Waals surface area contributed by atoms with Crippen molar-refractivity contribution in [3.8, 4) is 11.5 Å². The van der Waals surface area contributed by atoms with Crippen LogP contribution in [-0.4, -0.2) is 33.9 Å². The zero-order valence-corrected chi connectivity index (χ0v) is 12.9. The van der Waals surface area contributed by atoms with Gasteiger partial charge in [-0.25, -0.2) is 0 Å². The van der Waals surface area contributed by atoms with Crippen LogP contribution in [0.2, 0.25) is 0 Å². The highest BCUT2D eigenvalue weighted by molar-refractivity contribution is 5.94. The third kappa shape index (κ3) is 5.07. The molecule has 8 heteroatoms. The predicted octanol–water partition coefficient (Wildman–Crippen LogP) is 1.89. The minimum Gasteiger partial charge on any atom is -0.425 e. The first-order valence-electron chi connectivity index (χ1n) is 7.08. The summed E-state index contributed by atoms with van der Waals surface area (Å²) in [4.78, 5) is 29.5. The van der Waals surface area contributed by atoms with Crippen molar-refractivity contribution in [2.75, 3.05) is 0 Å². The Hall–Kier alpha value is -3.86. The fraction of sp³-hybridized carbons (Fsp3) is 0.0588. The maximum absolute atomic E-state index is 11.9. The maximum Gasteiger partial charge on any atom is 0.322 e. The largest absolute Gasteiger partial charge is 0.425 e. The zero-order valence-electron chi connectivity index (χ0n) is 12.9. The van der Waals surface area contributed by atoms with Gasteiger partial charge in [-0.2, -0.15) is 9.58 Å². The molecule has 0 aliphatic rings. The van der Waals surface area contributed by atoms with E-state index in [2.05, 4.69) is 9.58 Å². The molecule has 0 radical (unpaired) electrons. The van der Waals surface area contributed by atoms with Crippen molar-refractivity contribution in [1.29, 1.82) is 0 Å². The van der Waals surface area contributed by atoms with Crippen LogP contribution in [0.15, 0.2) is 48.5 Å². The lowest BCUT2D eigenvalue weighted by Gasteiger charge is -2.07. The molecule has 8 nitrogen and oxygen atoms in total. The molecule has 2 aromatic rings. The fourth-order valence-electron chi connectivity index (χ4n) is 1.92. The lowest BCUT2D eigenvalue weighted by Crippen LogP contribution is -2.19. The number of nitrogens with zero attached hydrogens (tertiary/aromatic N) is 4. The second kappa shape index (κ2) is 8.69. The van der Waals surface area contributed by atoms with Crippen molar-refractivity contribution >= 4 is 24.4 Å². The van der Waals surface area contributed by atoms with Gasteiger partial charge in [-0.3, -0.25) is 9.59 Å². The predicted molar refractivity (Wildman–Crippen MR) is 86.3 cm³/mol. The topological polar surface area (TPSA) is 125 Å². The summed E-state index contributed by atoms with van der Waals surface area (Å²) in [5, 5.41) is 0. The van der Waals surface area contributed by atoms with Crippen molar-refractivity contribution in [3.63, 3.8) is 0 Å². The number of hydrogen-bond acceptors (Lipinski definition) is 4. The van der Waals surface area contributed by atoms with E-state index in [0.717, 1.165) is 12.4 Å². The summed E-state index contributed by atoms with van der Waals surface area (Å²) in [5.74, 6) is -1.38. The zero-order chi connectivity index (χ0) is 18.1. The molecule has 2 rings (SSSR count). The number of carbonyl (C=O) groups is 2. The minimum atomic E-state index is -0.836. The lowest BCUT2D eigenvalue weighted by molar-refractivity contribution is -0.144. The summed E-state index contributed by atoms with van der Waals surface area (Å²) >= 11 is 0. The molecular weight excluding hydrogens is 324 g/mol. The van der Waals surface area contributed by atoms with Crippen LogP contribution in [0.5, 0.6) is 11.5 Å². The van der Waals surface area contributed by atoms with E-state index in [4.69, 9.17) is 20.5 Å². The van der Waals surface area contributed by atoms with Gasteiger partial charge in [0.2, 0.25) is 0 Å². The first kappa shape index (κ1) is 17.5. The third-order valence-electron chi connectivity index (χ3n) is 2.97. The highest BCUT2D eigenvalue weighted by atomic mass is 16.6. The van der Waals surface area contributed by atoms with Crippen molar-refractivity contribution in [3.05, 3.63) is 70.7 Å². The number of para-hydroxylation sites is 2. The molecule has 0 saturated carbocycles. The third-order valence-corrected chi connectivity index (χ3v) is 2.97. The molecule has 0 aromatic heterocycles. The van der Waals surface area contributed by atoms with Crippen molar-refractivity contribution in [2.24, 2.45) is 0 Å². The molecule has 2 aromatic carbocycles. The van der Waals surface area contributed by atoms with E-state index < -0.39 is 18.4 Å². The Bertz CT molecular complexity index is 824. The van der Waals surface area contributed by atoms with Gasteiger partial charge in [0.05, 0.1) is 11.1 Å². The second-order valence-electron chi connectivity index (χ2n) is 4.69. The van der Waals surface area contributed by atoms with E-state index >= 15 is 0 Å². The molecule has 0 aliphatic heterocycles. The normalized spacial score (nSPS) is 9.28. The van der Waals surface area contributed by atoms with E-state index in [1.165, 1.54) is 12.1 Å². The summed E-state index contributed by atoms with van der Waals surface area (Å²) in [5.41, 5.74) is 17.9. The first-order chi connectivity index (χ1) is 12.1. The van der Waals surface area contributed by atoms with Crippen LogP contribution >= 0.6 is 0 Å². The summed E-state index contributed by atoms with van der Waals surface area (Å²) in [7, 11) is 0. The number of rotatable bonds is 6. The van der Waals surface area contributed by atoms with Gasteiger partial charge in [0, 0.05) is 0 Å². The summed E-state index contributed by atoms with van der Waals surface area (Å²) < 4.78 is 10.2. The minimum absolute atomic E-state index is 0.144. The van der Waals surface area contributed by atoms with Gasteiger partial charge in [0.15, 0.2) is 0 Å². The monoisotopic (exact) mass is 336 g/mol. The van der Waals surface area contributed by atoms with Gasteiger partial charge in [0.25, 0.3) is 12.4 Å². The number of hydrogen-bond donors (Lipinski definition) is 0. The van der Waals surface area contributed by atoms with Gasteiger partial charge in [-0.15, -0.1) is 0 Å². The summed E-state index contributed by atoms with van der Waals surface area (Å²) in [6.45, 7) is 0. The molecule has 0 N–H and O–H groups in total. The lowest BCUT2D eigenvalue weighted by atomic mass is 10.2. The Labute approximate surface area is 142 Å². The van der Waals surface area contributed by atoms with Crippen LogP contribution in [0.1, 0.15) is 17.5 Å². The molecule has 0 atom stereocenters. The van der Waals surface area contributed by atoms with Crippen molar-refractivity contribution in [1.82, 2.24) is 0 Å². The molecule has 0 aliphatic carbocycles. The fourth-order valence-corrected chi connectivity index (χ4v) is 1.92. The average Bonchev–Trinajstić information content (AvgIpc) is 2.58. The van der Waals surface area contributed by atoms with E-state index in [9.17, 15) is 9.59 Å². The molecule has 0 unspecified atom stereocenters. The van der Waals surface area contributed by atoms with Crippen LogP contribution in [0.4, 0.5) is 0 Å².